The summed E-state index contributed by atoms with van der Waals surface area (Å²) in [6.07, 6.45) is 1.20. The van der Waals surface area contributed by atoms with Crippen LogP contribution < -0.4 is 10.6 Å². The number of urea groups is 1. The van der Waals surface area contributed by atoms with Crippen molar-refractivity contribution in [1.29, 1.82) is 0 Å². The number of carbonyl (C=O) groups excluding carboxylic acids is 2. The molecule has 3 amide bonds. The molecule has 1 heterocycles. The number of hydrogen-bond donors (Lipinski definition) is 2. The molecule has 1 saturated heterocycles. The van der Waals surface area contributed by atoms with Gasteiger partial charge < -0.3 is 5.32 Å². The Morgan fingerprint density at radius 2 is 1.78 bits per heavy atom. The summed E-state index contributed by atoms with van der Waals surface area (Å²) >= 11 is 0. The lowest BCUT2D eigenvalue weighted by molar-refractivity contribution is -0.121. The number of piperidine rings is 1. The van der Waals surface area contributed by atoms with Gasteiger partial charge in [0.1, 0.15) is 0 Å². The van der Waals surface area contributed by atoms with E-state index in [2.05, 4.69) is 29.4 Å². The molecule has 1 aliphatic rings. The number of hydrogen-bond acceptors (Lipinski definition) is 3. The smallest absolute Gasteiger partial charge is 0.308 e. The first kappa shape index (κ1) is 17.5. The molecule has 126 valence electrons. The van der Waals surface area contributed by atoms with Crippen molar-refractivity contribution >= 4 is 17.6 Å². The second-order valence-corrected chi connectivity index (χ2v) is 6.94. The summed E-state index contributed by atoms with van der Waals surface area (Å²) < 4.78 is 0. The topological polar surface area (TPSA) is 61.4 Å². The molecule has 2 rings (SSSR count). The molecule has 0 aromatic heterocycles. The predicted molar refractivity (Wildman–Crippen MR) is 92.5 cm³/mol. The number of carbonyl (C=O) groups is 2. The Bertz CT molecular complexity index is 576. The summed E-state index contributed by atoms with van der Waals surface area (Å²) in [6, 6.07) is 5.20. The van der Waals surface area contributed by atoms with E-state index in [4.69, 9.17) is 0 Å². The summed E-state index contributed by atoms with van der Waals surface area (Å²) in [4.78, 5) is 26.1. The molecule has 5 heteroatoms. The molecule has 2 N–H and O–H groups in total. The Hall–Kier alpha value is -1.88. The Morgan fingerprint density at radius 3 is 2.39 bits per heavy atom. The van der Waals surface area contributed by atoms with Gasteiger partial charge in [-0.25, -0.2) is 4.79 Å². The average Bonchev–Trinajstić information content (AvgIpc) is 2.41. The third kappa shape index (κ3) is 5.36. The zero-order chi connectivity index (χ0) is 17.0. The lowest BCUT2D eigenvalue weighted by atomic mass is 9.92. The van der Waals surface area contributed by atoms with E-state index in [9.17, 15) is 9.59 Å². The fourth-order valence-electron chi connectivity index (χ4n) is 3.27. The van der Waals surface area contributed by atoms with Gasteiger partial charge in [-0.2, -0.15) is 0 Å². The molecule has 0 aliphatic carbocycles. The van der Waals surface area contributed by atoms with Crippen molar-refractivity contribution < 1.29 is 9.59 Å². The number of benzene rings is 1. The van der Waals surface area contributed by atoms with Crippen LogP contribution in [0.4, 0.5) is 10.5 Å². The number of anilines is 1. The van der Waals surface area contributed by atoms with Crippen molar-refractivity contribution in [3.63, 3.8) is 0 Å². The number of imide groups is 1. The zero-order valence-corrected chi connectivity index (χ0v) is 14.5. The minimum absolute atomic E-state index is 0.257. The average molecular weight is 317 g/mol. The van der Waals surface area contributed by atoms with Crippen LogP contribution in [-0.2, 0) is 4.79 Å². The Morgan fingerprint density at radius 1 is 1.13 bits per heavy atom. The Labute approximate surface area is 138 Å². The highest BCUT2D eigenvalue weighted by Gasteiger charge is 2.23. The van der Waals surface area contributed by atoms with Crippen LogP contribution in [0.5, 0.6) is 0 Å². The quantitative estimate of drug-likeness (QED) is 0.901. The third-order valence-corrected chi connectivity index (χ3v) is 4.33. The molecule has 1 aromatic carbocycles. The predicted octanol–water partition coefficient (Wildman–Crippen LogP) is 2.93. The van der Waals surface area contributed by atoms with Crippen molar-refractivity contribution in [2.24, 2.45) is 11.8 Å². The van der Waals surface area contributed by atoms with Gasteiger partial charge in [0.15, 0.2) is 0 Å². The largest absolute Gasteiger partial charge is 0.325 e. The van der Waals surface area contributed by atoms with Gasteiger partial charge in [-0.3, -0.25) is 15.0 Å². The van der Waals surface area contributed by atoms with Crippen molar-refractivity contribution in [3.8, 4) is 0 Å². The third-order valence-electron chi connectivity index (χ3n) is 4.33. The van der Waals surface area contributed by atoms with Gasteiger partial charge in [0.25, 0.3) is 0 Å². The fraction of sp³-hybridized carbons (Fsp3) is 0.556. The molecule has 0 radical (unpaired) electrons. The van der Waals surface area contributed by atoms with Gasteiger partial charge in [0.05, 0.1) is 6.54 Å². The van der Waals surface area contributed by atoms with E-state index in [1.54, 1.807) is 0 Å². The monoisotopic (exact) mass is 317 g/mol. The van der Waals surface area contributed by atoms with Crippen LogP contribution in [0.2, 0.25) is 0 Å². The maximum atomic E-state index is 12.0. The van der Waals surface area contributed by atoms with Crippen molar-refractivity contribution in [3.05, 3.63) is 29.3 Å². The van der Waals surface area contributed by atoms with E-state index in [0.29, 0.717) is 17.5 Å². The standard InChI is InChI=1S/C18H27N3O2/c1-12-7-13(2)10-21(9-12)11-17(22)20-18(23)19-16-6-5-14(3)15(4)8-16/h5-6,8,12-13H,7,9-11H2,1-4H3,(H2,19,20,22,23)/t12-,13+. The van der Waals surface area contributed by atoms with Gasteiger partial charge in [-0.1, -0.05) is 19.9 Å². The van der Waals surface area contributed by atoms with E-state index in [-0.39, 0.29) is 12.5 Å². The number of nitrogens with one attached hydrogen (secondary N) is 2. The highest BCUT2D eigenvalue weighted by atomic mass is 16.2. The molecule has 2 atom stereocenters. The van der Waals surface area contributed by atoms with Crippen LogP contribution >= 0.6 is 0 Å². The molecular weight excluding hydrogens is 290 g/mol. The van der Waals surface area contributed by atoms with Crippen LogP contribution in [0, 0.1) is 25.7 Å². The maximum absolute atomic E-state index is 12.0. The first-order valence-corrected chi connectivity index (χ1v) is 8.24. The van der Waals surface area contributed by atoms with Crippen molar-refractivity contribution in [1.82, 2.24) is 10.2 Å². The minimum atomic E-state index is -0.476. The minimum Gasteiger partial charge on any atom is -0.308 e. The zero-order valence-electron chi connectivity index (χ0n) is 14.5. The number of aryl methyl sites for hydroxylation is 2. The van der Waals surface area contributed by atoms with Crippen LogP contribution in [0.25, 0.3) is 0 Å². The summed E-state index contributed by atoms with van der Waals surface area (Å²) in [6.45, 7) is 10.5. The van der Waals surface area contributed by atoms with E-state index >= 15 is 0 Å². The molecule has 0 spiro atoms. The molecule has 0 saturated carbocycles. The lowest BCUT2D eigenvalue weighted by Crippen LogP contribution is -2.46. The molecular formula is C18H27N3O2. The van der Waals surface area contributed by atoms with Gasteiger partial charge in [0, 0.05) is 18.8 Å². The molecule has 23 heavy (non-hydrogen) atoms. The van der Waals surface area contributed by atoms with Gasteiger partial charge in [-0.15, -0.1) is 0 Å². The fourth-order valence-corrected chi connectivity index (χ4v) is 3.27. The van der Waals surface area contributed by atoms with E-state index in [0.717, 1.165) is 18.7 Å². The van der Waals surface area contributed by atoms with E-state index < -0.39 is 6.03 Å². The van der Waals surface area contributed by atoms with Crippen molar-refractivity contribution in [2.45, 2.75) is 34.1 Å². The normalized spacial score (nSPS) is 21.7. The summed E-state index contributed by atoms with van der Waals surface area (Å²) in [7, 11) is 0. The molecule has 1 fully saturated rings. The van der Waals surface area contributed by atoms with Crippen LogP contribution in [0.15, 0.2) is 18.2 Å². The van der Waals surface area contributed by atoms with Gasteiger partial charge in [-0.05, 0) is 55.4 Å². The number of rotatable bonds is 3. The van der Waals surface area contributed by atoms with E-state index in [1.165, 1.54) is 12.0 Å². The second kappa shape index (κ2) is 7.59. The molecule has 1 aromatic rings. The summed E-state index contributed by atoms with van der Waals surface area (Å²) in [5.41, 5.74) is 2.96. The molecule has 1 aliphatic heterocycles. The highest BCUT2D eigenvalue weighted by Crippen LogP contribution is 2.20. The van der Waals surface area contributed by atoms with Gasteiger partial charge >= 0.3 is 6.03 Å². The van der Waals surface area contributed by atoms with E-state index in [1.807, 2.05) is 32.0 Å². The lowest BCUT2D eigenvalue weighted by Gasteiger charge is -2.34. The molecule has 5 nitrogen and oxygen atoms in total. The first-order valence-electron chi connectivity index (χ1n) is 8.24. The second-order valence-electron chi connectivity index (χ2n) is 6.94. The van der Waals surface area contributed by atoms with Crippen LogP contribution in [0.3, 0.4) is 0 Å². The first-order chi connectivity index (χ1) is 10.8. The number of likely N-dealkylation sites (tertiary alicyclic amines) is 1. The molecule has 0 bridgehead atoms. The number of amides is 3. The maximum Gasteiger partial charge on any atom is 0.325 e. The van der Waals surface area contributed by atoms with Gasteiger partial charge in [0.2, 0.25) is 5.91 Å². The SMILES string of the molecule is Cc1ccc(NC(=O)NC(=O)CN2C[C@H](C)C[C@H](C)C2)cc1C. The summed E-state index contributed by atoms with van der Waals surface area (Å²) in [5, 5.41) is 5.12. The van der Waals surface area contributed by atoms with Crippen molar-refractivity contribution in [2.75, 3.05) is 25.0 Å². The van der Waals surface area contributed by atoms with Crippen LogP contribution in [-0.4, -0.2) is 36.5 Å². The summed E-state index contributed by atoms with van der Waals surface area (Å²) in [5.74, 6) is 0.930. The Balaban J connectivity index is 1.82. The molecule has 0 unspecified atom stereocenters. The highest BCUT2D eigenvalue weighted by molar-refractivity contribution is 6.01. The van der Waals surface area contributed by atoms with Crippen LogP contribution in [0.1, 0.15) is 31.4 Å². The Kier molecular flexibility index (Phi) is 5.77. The number of nitrogens with zero attached hydrogens (tertiary/aromatic N) is 1.